The highest BCUT2D eigenvalue weighted by molar-refractivity contribution is 5.95. The van der Waals surface area contributed by atoms with E-state index in [9.17, 15) is 9.18 Å². The molecule has 0 saturated heterocycles. The first kappa shape index (κ1) is 13.6. The molecule has 0 spiro atoms. The van der Waals surface area contributed by atoms with Gasteiger partial charge in [-0.05, 0) is 36.1 Å². The van der Waals surface area contributed by atoms with Crippen LogP contribution in [0.5, 0.6) is 0 Å². The molecule has 0 aliphatic rings. The number of halogens is 1. The maximum absolute atomic E-state index is 12.9. The summed E-state index contributed by atoms with van der Waals surface area (Å²) in [6.07, 6.45) is 0. The van der Waals surface area contributed by atoms with Gasteiger partial charge in [-0.3, -0.25) is 4.79 Å². The van der Waals surface area contributed by atoms with Crippen molar-refractivity contribution in [1.82, 2.24) is 0 Å². The highest BCUT2D eigenvalue weighted by Crippen LogP contribution is 2.20. The van der Waals surface area contributed by atoms with Gasteiger partial charge in [-0.1, -0.05) is 20.8 Å². The fourth-order valence-electron chi connectivity index (χ4n) is 1.37. The molecule has 0 aliphatic heterocycles. The van der Waals surface area contributed by atoms with Crippen molar-refractivity contribution >= 4 is 11.6 Å². The van der Waals surface area contributed by atoms with Crippen molar-refractivity contribution in [3.05, 3.63) is 29.6 Å². The highest BCUT2D eigenvalue weighted by Gasteiger charge is 2.27. The molecular formula is C13H19FN2O. The fraction of sp³-hybridized carbons (Fsp3) is 0.462. The van der Waals surface area contributed by atoms with E-state index in [4.69, 9.17) is 5.73 Å². The number of anilines is 1. The van der Waals surface area contributed by atoms with Crippen molar-refractivity contribution in [3.8, 4) is 0 Å². The molecule has 1 aromatic carbocycles. The Kier molecular flexibility index (Phi) is 3.88. The minimum absolute atomic E-state index is 0.257. The van der Waals surface area contributed by atoms with E-state index >= 15 is 0 Å². The summed E-state index contributed by atoms with van der Waals surface area (Å²) in [7, 11) is 0. The van der Waals surface area contributed by atoms with Crippen molar-refractivity contribution in [2.24, 2.45) is 11.1 Å². The van der Waals surface area contributed by atoms with Gasteiger partial charge in [0.2, 0.25) is 5.91 Å². The first-order valence-corrected chi connectivity index (χ1v) is 5.54. The lowest BCUT2D eigenvalue weighted by Crippen LogP contribution is -2.45. The normalized spacial score (nSPS) is 13.3. The largest absolute Gasteiger partial charge is 0.324 e. The van der Waals surface area contributed by atoms with Gasteiger partial charge < -0.3 is 11.1 Å². The van der Waals surface area contributed by atoms with E-state index in [-0.39, 0.29) is 17.1 Å². The zero-order valence-corrected chi connectivity index (χ0v) is 10.7. The highest BCUT2D eigenvalue weighted by atomic mass is 19.1. The van der Waals surface area contributed by atoms with Gasteiger partial charge in [0, 0.05) is 5.69 Å². The number of hydrogen-bond acceptors (Lipinski definition) is 2. The Morgan fingerprint density at radius 1 is 1.41 bits per heavy atom. The number of carbonyl (C=O) groups is 1. The third-order valence-corrected chi connectivity index (χ3v) is 2.66. The molecule has 3 nitrogen and oxygen atoms in total. The minimum Gasteiger partial charge on any atom is -0.324 e. The van der Waals surface area contributed by atoms with E-state index < -0.39 is 6.04 Å². The van der Waals surface area contributed by atoms with Crippen molar-refractivity contribution in [2.45, 2.75) is 33.7 Å². The SMILES string of the molecule is Cc1cc(F)ccc1NC(=O)[C@@H](N)C(C)(C)C. The quantitative estimate of drug-likeness (QED) is 0.831. The van der Waals surface area contributed by atoms with E-state index in [1.165, 1.54) is 18.2 Å². The Morgan fingerprint density at radius 2 is 2.00 bits per heavy atom. The molecule has 0 radical (unpaired) electrons. The second-order valence-corrected chi connectivity index (χ2v) is 5.29. The van der Waals surface area contributed by atoms with Crippen molar-refractivity contribution in [1.29, 1.82) is 0 Å². The number of benzene rings is 1. The second-order valence-electron chi connectivity index (χ2n) is 5.29. The van der Waals surface area contributed by atoms with Crippen LogP contribution in [-0.4, -0.2) is 11.9 Å². The van der Waals surface area contributed by atoms with Gasteiger partial charge in [0.05, 0.1) is 6.04 Å². The van der Waals surface area contributed by atoms with E-state index in [2.05, 4.69) is 5.32 Å². The third kappa shape index (κ3) is 3.53. The lowest BCUT2D eigenvalue weighted by Gasteiger charge is -2.26. The molecule has 1 aromatic rings. The molecule has 1 amide bonds. The summed E-state index contributed by atoms with van der Waals surface area (Å²) in [4.78, 5) is 11.9. The van der Waals surface area contributed by atoms with E-state index in [1.54, 1.807) is 6.92 Å². The molecule has 0 aliphatic carbocycles. The van der Waals surface area contributed by atoms with Gasteiger partial charge in [-0.15, -0.1) is 0 Å². The summed E-state index contributed by atoms with van der Waals surface area (Å²) in [6, 6.07) is 3.62. The number of carbonyl (C=O) groups excluding carboxylic acids is 1. The smallest absolute Gasteiger partial charge is 0.241 e. The van der Waals surface area contributed by atoms with Crippen LogP contribution in [-0.2, 0) is 4.79 Å². The molecule has 94 valence electrons. The maximum Gasteiger partial charge on any atom is 0.241 e. The lowest BCUT2D eigenvalue weighted by atomic mass is 9.87. The molecule has 0 saturated carbocycles. The van der Waals surface area contributed by atoms with Gasteiger partial charge in [-0.2, -0.15) is 0 Å². The summed E-state index contributed by atoms with van der Waals surface area (Å²) in [6.45, 7) is 7.43. The van der Waals surface area contributed by atoms with Crippen LogP contribution in [0.15, 0.2) is 18.2 Å². The first-order chi connectivity index (χ1) is 7.71. The van der Waals surface area contributed by atoms with Crippen molar-refractivity contribution < 1.29 is 9.18 Å². The Bertz CT molecular complexity index is 424. The molecule has 0 aromatic heterocycles. The molecule has 0 bridgehead atoms. The Hall–Kier alpha value is -1.42. The molecule has 17 heavy (non-hydrogen) atoms. The lowest BCUT2D eigenvalue weighted by molar-refractivity contribution is -0.119. The number of hydrogen-bond donors (Lipinski definition) is 2. The van der Waals surface area contributed by atoms with Crippen molar-refractivity contribution in [2.75, 3.05) is 5.32 Å². The van der Waals surface area contributed by atoms with Crippen molar-refractivity contribution in [3.63, 3.8) is 0 Å². The summed E-state index contributed by atoms with van der Waals surface area (Å²) < 4.78 is 12.9. The Balaban J connectivity index is 2.82. The Labute approximate surface area is 101 Å². The van der Waals surface area contributed by atoms with Crippen LogP contribution in [0.2, 0.25) is 0 Å². The van der Waals surface area contributed by atoms with Crippen LogP contribution >= 0.6 is 0 Å². The molecule has 0 fully saturated rings. The molecule has 0 unspecified atom stereocenters. The summed E-state index contributed by atoms with van der Waals surface area (Å²) >= 11 is 0. The molecule has 1 atom stereocenters. The summed E-state index contributed by atoms with van der Waals surface area (Å²) in [5.41, 5.74) is 6.80. The molecule has 0 heterocycles. The van der Waals surface area contributed by atoms with Crippen LogP contribution in [0.25, 0.3) is 0 Å². The summed E-state index contributed by atoms with van der Waals surface area (Å²) in [5, 5.41) is 2.71. The average Bonchev–Trinajstić information content (AvgIpc) is 2.19. The number of amides is 1. The van der Waals surface area contributed by atoms with Crippen LogP contribution in [0.4, 0.5) is 10.1 Å². The van der Waals surface area contributed by atoms with Crippen LogP contribution in [0, 0.1) is 18.2 Å². The molecule has 3 N–H and O–H groups in total. The predicted octanol–water partition coefficient (Wildman–Crippen LogP) is 2.45. The number of aryl methyl sites for hydroxylation is 1. The average molecular weight is 238 g/mol. The topological polar surface area (TPSA) is 55.1 Å². The molecular weight excluding hydrogens is 219 g/mol. The van der Waals surface area contributed by atoms with Gasteiger partial charge in [0.1, 0.15) is 5.82 Å². The summed E-state index contributed by atoms with van der Waals surface area (Å²) in [5.74, 6) is -0.576. The van der Waals surface area contributed by atoms with Gasteiger partial charge >= 0.3 is 0 Å². The zero-order valence-electron chi connectivity index (χ0n) is 10.7. The number of nitrogens with one attached hydrogen (secondary N) is 1. The van der Waals surface area contributed by atoms with Crippen LogP contribution < -0.4 is 11.1 Å². The van der Waals surface area contributed by atoms with Crippen LogP contribution in [0.3, 0.4) is 0 Å². The Morgan fingerprint density at radius 3 is 2.47 bits per heavy atom. The van der Waals surface area contributed by atoms with Gasteiger partial charge in [0.25, 0.3) is 0 Å². The van der Waals surface area contributed by atoms with E-state index in [0.717, 1.165) is 0 Å². The molecule has 4 heteroatoms. The van der Waals surface area contributed by atoms with Crippen LogP contribution in [0.1, 0.15) is 26.3 Å². The van der Waals surface area contributed by atoms with Gasteiger partial charge in [0.15, 0.2) is 0 Å². The minimum atomic E-state index is -0.605. The predicted molar refractivity (Wildman–Crippen MR) is 67.2 cm³/mol. The van der Waals surface area contributed by atoms with E-state index in [1.807, 2.05) is 20.8 Å². The van der Waals surface area contributed by atoms with E-state index in [0.29, 0.717) is 11.3 Å². The fourth-order valence-corrected chi connectivity index (χ4v) is 1.37. The maximum atomic E-state index is 12.9. The van der Waals surface area contributed by atoms with Gasteiger partial charge in [-0.25, -0.2) is 4.39 Å². The standard InChI is InChI=1S/C13H19FN2O/c1-8-7-9(14)5-6-10(8)16-12(17)11(15)13(2,3)4/h5-7,11H,15H2,1-4H3,(H,16,17)/t11-/m1/s1. The third-order valence-electron chi connectivity index (χ3n) is 2.66. The number of nitrogens with two attached hydrogens (primary N) is 1. The number of rotatable bonds is 2. The molecule has 1 rings (SSSR count). The first-order valence-electron chi connectivity index (χ1n) is 5.54. The second kappa shape index (κ2) is 4.84. The zero-order chi connectivity index (χ0) is 13.2. The monoisotopic (exact) mass is 238 g/mol.